The summed E-state index contributed by atoms with van der Waals surface area (Å²) in [5, 5.41) is 2.75. The fourth-order valence-corrected chi connectivity index (χ4v) is 1.78. The van der Waals surface area contributed by atoms with Crippen LogP contribution in [0.2, 0.25) is 0 Å². The summed E-state index contributed by atoms with van der Waals surface area (Å²) in [6.45, 7) is 10.0. The number of carbonyl (C=O) groups is 1. The molecule has 0 heterocycles. The molecule has 0 aliphatic carbocycles. The second-order valence-electron chi connectivity index (χ2n) is 5.82. The Balaban J connectivity index is 2.50. The molecule has 0 aromatic heterocycles. The molecule has 0 unspecified atom stereocenters. The van der Waals surface area contributed by atoms with E-state index < -0.39 is 11.7 Å². The summed E-state index contributed by atoms with van der Waals surface area (Å²) in [5.74, 6) is 0. The van der Waals surface area contributed by atoms with Crippen LogP contribution in [0.25, 0.3) is 0 Å². The van der Waals surface area contributed by atoms with Gasteiger partial charge in [-0.05, 0) is 26.3 Å². The van der Waals surface area contributed by atoms with E-state index in [2.05, 4.69) is 11.9 Å². The number of amides is 1. The Morgan fingerprint density at radius 1 is 1.33 bits per heavy atom. The van der Waals surface area contributed by atoms with E-state index >= 15 is 0 Å². The van der Waals surface area contributed by atoms with Crippen molar-refractivity contribution in [2.45, 2.75) is 38.9 Å². The molecule has 1 rings (SSSR count). The van der Waals surface area contributed by atoms with Gasteiger partial charge in [0.05, 0.1) is 12.7 Å². The highest BCUT2D eigenvalue weighted by molar-refractivity contribution is 5.67. The van der Waals surface area contributed by atoms with Gasteiger partial charge in [0.15, 0.2) is 0 Å². The smallest absolute Gasteiger partial charge is 0.407 e. The van der Waals surface area contributed by atoms with Crippen molar-refractivity contribution in [3.05, 3.63) is 48.6 Å². The van der Waals surface area contributed by atoms with Gasteiger partial charge >= 0.3 is 6.09 Å². The number of rotatable bonds is 7. The Kier molecular flexibility index (Phi) is 6.96. The summed E-state index contributed by atoms with van der Waals surface area (Å²) in [6, 6.07) is 10.0. The second kappa shape index (κ2) is 8.47. The highest BCUT2D eigenvalue weighted by atomic mass is 16.6. The first-order chi connectivity index (χ1) is 9.90. The van der Waals surface area contributed by atoms with Gasteiger partial charge in [-0.25, -0.2) is 4.79 Å². The molecule has 4 heteroatoms. The van der Waals surface area contributed by atoms with E-state index in [1.807, 2.05) is 51.1 Å². The van der Waals surface area contributed by atoms with Crippen LogP contribution in [0.15, 0.2) is 43.0 Å². The predicted molar refractivity (Wildman–Crippen MR) is 84.3 cm³/mol. The van der Waals surface area contributed by atoms with Crippen LogP contribution in [-0.4, -0.2) is 30.9 Å². The normalized spacial score (nSPS) is 12.5. The van der Waals surface area contributed by atoms with E-state index in [1.54, 1.807) is 6.08 Å². The zero-order valence-corrected chi connectivity index (χ0v) is 13.1. The van der Waals surface area contributed by atoms with E-state index in [0.717, 1.165) is 12.0 Å². The van der Waals surface area contributed by atoms with Gasteiger partial charge in [-0.2, -0.15) is 0 Å². The zero-order chi connectivity index (χ0) is 15.7. The first-order valence-corrected chi connectivity index (χ1v) is 7.14. The van der Waals surface area contributed by atoms with Crippen molar-refractivity contribution in [2.75, 3.05) is 13.2 Å². The Hall–Kier alpha value is -1.81. The first-order valence-electron chi connectivity index (χ1n) is 7.14. The lowest BCUT2D eigenvalue weighted by Gasteiger charge is -2.22. The van der Waals surface area contributed by atoms with Crippen LogP contribution in [0.5, 0.6) is 0 Å². The van der Waals surface area contributed by atoms with Gasteiger partial charge in [0.25, 0.3) is 0 Å². The predicted octanol–water partition coefficient (Wildman–Crippen LogP) is 3.33. The van der Waals surface area contributed by atoms with Crippen LogP contribution in [0.1, 0.15) is 26.3 Å². The van der Waals surface area contributed by atoms with E-state index in [0.29, 0.717) is 13.2 Å². The third kappa shape index (κ3) is 8.15. The lowest BCUT2D eigenvalue weighted by Crippen LogP contribution is -2.38. The van der Waals surface area contributed by atoms with Gasteiger partial charge in [-0.1, -0.05) is 36.4 Å². The number of benzene rings is 1. The Morgan fingerprint density at radius 3 is 2.57 bits per heavy atom. The molecule has 0 radical (unpaired) electrons. The maximum Gasteiger partial charge on any atom is 0.407 e. The summed E-state index contributed by atoms with van der Waals surface area (Å²) in [4.78, 5) is 11.7. The lowest BCUT2D eigenvalue weighted by molar-refractivity contribution is 0.0414. The number of ether oxygens (including phenoxy) is 2. The zero-order valence-electron chi connectivity index (χ0n) is 13.1. The molecule has 0 spiro atoms. The number of hydrogen-bond donors (Lipinski definition) is 1. The van der Waals surface area contributed by atoms with Crippen molar-refractivity contribution in [3.63, 3.8) is 0 Å². The summed E-state index contributed by atoms with van der Waals surface area (Å²) in [5.41, 5.74) is 0.665. The molecule has 1 N–H and O–H groups in total. The first kappa shape index (κ1) is 17.2. The minimum Gasteiger partial charge on any atom is -0.444 e. The van der Waals surface area contributed by atoms with Crippen molar-refractivity contribution >= 4 is 6.09 Å². The highest BCUT2D eigenvalue weighted by Gasteiger charge is 2.17. The third-order valence-electron chi connectivity index (χ3n) is 2.63. The number of hydrogen-bond acceptors (Lipinski definition) is 3. The summed E-state index contributed by atoms with van der Waals surface area (Å²) < 4.78 is 10.9. The van der Waals surface area contributed by atoms with E-state index in [-0.39, 0.29) is 6.10 Å². The van der Waals surface area contributed by atoms with E-state index in [4.69, 9.17) is 9.47 Å². The second-order valence-corrected chi connectivity index (χ2v) is 5.82. The average Bonchev–Trinajstić information content (AvgIpc) is 2.41. The molecular weight excluding hydrogens is 266 g/mol. The molecule has 0 fully saturated rings. The van der Waals surface area contributed by atoms with Gasteiger partial charge in [0.1, 0.15) is 5.60 Å². The minimum atomic E-state index is -0.499. The van der Waals surface area contributed by atoms with Crippen LogP contribution in [0.3, 0.4) is 0 Å². The SMILES string of the molecule is C=CCO[C@H](CNC(=O)OC(C)(C)C)Cc1ccccc1. The van der Waals surface area contributed by atoms with Gasteiger partial charge < -0.3 is 14.8 Å². The molecule has 1 atom stereocenters. The molecule has 1 aromatic rings. The van der Waals surface area contributed by atoms with Gasteiger partial charge in [0, 0.05) is 13.0 Å². The Bertz CT molecular complexity index is 437. The maximum atomic E-state index is 11.7. The van der Waals surface area contributed by atoms with Crippen LogP contribution in [0.4, 0.5) is 4.79 Å². The van der Waals surface area contributed by atoms with Crippen LogP contribution in [-0.2, 0) is 15.9 Å². The Morgan fingerprint density at radius 2 is 2.00 bits per heavy atom. The number of alkyl carbamates (subject to hydrolysis) is 1. The maximum absolute atomic E-state index is 11.7. The molecule has 116 valence electrons. The average molecular weight is 291 g/mol. The highest BCUT2D eigenvalue weighted by Crippen LogP contribution is 2.08. The summed E-state index contributed by atoms with van der Waals surface area (Å²) in [7, 11) is 0. The van der Waals surface area contributed by atoms with E-state index in [1.165, 1.54) is 0 Å². The third-order valence-corrected chi connectivity index (χ3v) is 2.63. The minimum absolute atomic E-state index is 0.113. The molecule has 1 aromatic carbocycles. The lowest BCUT2D eigenvalue weighted by atomic mass is 10.1. The quantitative estimate of drug-likeness (QED) is 0.784. The molecule has 0 bridgehead atoms. The number of carbonyl (C=O) groups excluding carboxylic acids is 1. The number of nitrogens with one attached hydrogen (secondary N) is 1. The standard InChI is InChI=1S/C17H25NO3/c1-5-11-20-15(12-14-9-7-6-8-10-14)13-18-16(19)21-17(2,3)4/h5-10,15H,1,11-13H2,2-4H3,(H,18,19)/t15-/m0/s1. The Labute approximate surface area is 127 Å². The van der Waals surface area contributed by atoms with Crippen LogP contribution in [0, 0.1) is 0 Å². The summed E-state index contributed by atoms with van der Waals surface area (Å²) in [6.07, 6.45) is 1.89. The van der Waals surface area contributed by atoms with Crippen LogP contribution < -0.4 is 5.32 Å². The van der Waals surface area contributed by atoms with Crippen molar-refractivity contribution in [2.24, 2.45) is 0 Å². The van der Waals surface area contributed by atoms with Gasteiger partial charge in [-0.3, -0.25) is 0 Å². The summed E-state index contributed by atoms with van der Waals surface area (Å²) >= 11 is 0. The molecular formula is C17H25NO3. The molecule has 0 saturated carbocycles. The fraction of sp³-hybridized carbons (Fsp3) is 0.471. The monoisotopic (exact) mass is 291 g/mol. The molecule has 0 aliphatic rings. The largest absolute Gasteiger partial charge is 0.444 e. The molecule has 0 aliphatic heterocycles. The van der Waals surface area contributed by atoms with Gasteiger partial charge in [-0.15, -0.1) is 6.58 Å². The molecule has 1 amide bonds. The van der Waals surface area contributed by atoms with E-state index in [9.17, 15) is 4.79 Å². The molecule has 0 saturated heterocycles. The van der Waals surface area contributed by atoms with Crippen molar-refractivity contribution in [1.29, 1.82) is 0 Å². The van der Waals surface area contributed by atoms with Gasteiger partial charge in [0.2, 0.25) is 0 Å². The fourth-order valence-electron chi connectivity index (χ4n) is 1.78. The van der Waals surface area contributed by atoms with Crippen LogP contribution >= 0.6 is 0 Å². The van der Waals surface area contributed by atoms with Crippen molar-refractivity contribution in [1.82, 2.24) is 5.32 Å². The molecule has 21 heavy (non-hydrogen) atoms. The van der Waals surface area contributed by atoms with Crippen molar-refractivity contribution < 1.29 is 14.3 Å². The topological polar surface area (TPSA) is 47.6 Å². The van der Waals surface area contributed by atoms with Crippen molar-refractivity contribution in [3.8, 4) is 0 Å². The molecule has 4 nitrogen and oxygen atoms in total.